The van der Waals surface area contributed by atoms with Gasteiger partial charge in [-0.05, 0) is 47.1 Å². The molecule has 0 fully saturated rings. The van der Waals surface area contributed by atoms with Crippen LogP contribution < -0.4 is 10.6 Å². The van der Waals surface area contributed by atoms with Gasteiger partial charge in [0.2, 0.25) is 0 Å². The smallest absolute Gasteiger partial charge is 0.308 e. The van der Waals surface area contributed by atoms with Gasteiger partial charge in [0, 0.05) is 23.5 Å². The van der Waals surface area contributed by atoms with E-state index in [0.717, 1.165) is 5.06 Å². The lowest BCUT2D eigenvalue weighted by Gasteiger charge is -2.22. The highest BCUT2D eigenvalue weighted by Gasteiger charge is 2.17. The number of amides is 2. The highest BCUT2D eigenvalue weighted by Crippen LogP contribution is 2.27. The Kier molecular flexibility index (Phi) is 5.03. The first-order valence-electron chi connectivity index (χ1n) is 8.67. The van der Waals surface area contributed by atoms with Crippen molar-refractivity contribution in [1.29, 1.82) is 0 Å². The molecule has 1 aliphatic rings. The summed E-state index contributed by atoms with van der Waals surface area (Å²) in [4.78, 5) is 17.0. The molecule has 148 valence electrons. The molecule has 0 spiro atoms. The second kappa shape index (κ2) is 7.64. The van der Waals surface area contributed by atoms with Gasteiger partial charge in [0.15, 0.2) is 5.65 Å². The molecule has 3 aromatic rings. The fourth-order valence-electron chi connectivity index (χ4n) is 2.88. The molecule has 1 atom stereocenters. The van der Waals surface area contributed by atoms with Gasteiger partial charge in [-0.2, -0.15) is 9.61 Å². The first-order valence-corrected chi connectivity index (χ1v) is 9.46. The first kappa shape index (κ1) is 19.1. The van der Waals surface area contributed by atoms with Crippen molar-refractivity contribution in [3.05, 3.63) is 70.9 Å². The molecule has 3 heterocycles. The zero-order valence-corrected chi connectivity index (χ0v) is 16.8. The number of rotatable bonds is 3. The van der Waals surface area contributed by atoms with Crippen LogP contribution in [0.1, 0.15) is 6.92 Å². The Morgan fingerprint density at radius 1 is 1.31 bits per heavy atom. The van der Waals surface area contributed by atoms with Gasteiger partial charge in [-0.15, -0.1) is 0 Å². The van der Waals surface area contributed by atoms with Gasteiger partial charge >= 0.3 is 6.03 Å². The molecule has 2 aromatic heterocycles. The normalized spacial score (nSPS) is 16.1. The molecule has 10 heteroatoms. The van der Waals surface area contributed by atoms with E-state index in [-0.39, 0.29) is 6.04 Å². The Labute approximate surface area is 173 Å². The predicted molar refractivity (Wildman–Crippen MR) is 109 cm³/mol. The van der Waals surface area contributed by atoms with Gasteiger partial charge in [0.1, 0.15) is 11.6 Å². The predicted octanol–water partition coefficient (Wildman–Crippen LogP) is 3.91. The van der Waals surface area contributed by atoms with Crippen molar-refractivity contribution in [2.45, 2.75) is 13.0 Å². The van der Waals surface area contributed by atoms with Gasteiger partial charge in [-0.3, -0.25) is 15.6 Å². The molecule has 29 heavy (non-hydrogen) atoms. The molecule has 1 aliphatic heterocycles. The van der Waals surface area contributed by atoms with Crippen molar-refractivity contribution in [2.75, 3.05) is 5.32 Å². The van der Waals surface area contributed by atoms with Gasteiger partial charge in [-0.1, -0.05) is 12.1 Å². The van der Waals surface area contributed by atoms with E-state index < -0.39 is 11.8 Å². The van der Waals surface area contributed by atoms with Crippen molar-refractivity contribution in [1.82, 2.24) is 25.0 Å². The molecule has 1 aromatic carbocycles. The number of fused-ring (bicyclic) bond motifs is 1. The van der Waals surface area contributed by atoms with E-state index in [1.807, 2.05) is 0 Å². The Bertz CT molecular complexity index is 1160. The van der Waals surface area contributed by atoms with Crippen LogP contribution >= 0.6 is 15.9 Å². The molecule has 2 amide bonds. The monoisotopic (exact) mass is 458 g/mol. The molecule has 1 unspecified atom stereocenters. The van der Waals surface area contributed by atoms with Crippen LogP contribution in [0.25, 0.3) is 16.9 Å². The first-order chi connectivity index (χ1) is 13.9. The number of urea groups is 1. The molecule has 4 rings (SSSR count). The number of carbonyl (C=O) groups excluding carboxylic acids is 1. The van der Waals surface area contributed by atoms with Crippen LogP contribution in [-0.2, 0) is 0 Å². The van der Waals surface area contributed by atoms with Crippen molar-refractivity contribution in [2.24, 2.45) is 0 Å². The fourth-order valence-corrected chi connectivity index (χ4v) is 3.23. The summed E-state index contributed by atoms with van der Waals surface area (Å²) in [6.45, 7) is 1.78. The van der Waals surface area contributed by atoms with Crippen molar-refractivity contribution in [3.63, 3.8) is 0 Å². The van der Waals surface area contributed by atoms with Crippen LogP contribution in [0.5, 0.6) is 0 Å². The summed E-state index contributed by atoms with van der Waals surface area (Å²) in [5.41, 5.74) is 1.62. The summed E-state index contributed by atoms with van der Waals surface area (Å²) in [6, 6.07) is 7.02. The Morgan fingerprint density at radius 2 is 2.10 bits per heavy atom. The quantitative estimate of drug-likeness (QED) is 0.552. The van der Waals surface area contributed by atoms with Gasteiger partial charge < -0.3 is 5.32 Å². The van der Waals surface area contributed by atoms with E-state index in [0.29, 0.717) is 32.9 Å². The fraction of sp³-hybridized carbons (Fsp3) is 0.105. The maximum Gasteiger partial charge on any atom is 0.324 e. The number of nitrogens with one attached hydrogen (secondary N) is 2. The Hall–Kier alpha value is -3.24. The average Bonchev–Trinajstić information content (AvgIpc) is 3.06. The number of hydrogen-bond donors (Lipinski definition) is 3. The number of hydroxylamine groups is 2. The number of hydrogen-bond acceptors (Lipinski definition) is 5. The summed E-state index contributed by atoms with van der Waals surface area (Å²) >= 11 is 3.37. The van der Waals surface area contributed by atoms with E-state index in [2.05, 4.69) is 36.6 Å². The van der Waals surface area contributed by atoms with Gasteiger partial charge in [-0.25, -0.2) is 14.2 Å². The number of nitrogens with zero attached hydrogens (tertiary/aromatic N) is 4. The van der Waals surface area contributed by atoms with E-state index in [9.17, 15) is 14.4 Å². The van der Waals surface area contributed by atoms with E-state index in [4.69, 9.17) is 0 Å². The standard InChI is InChI=1S/C19H16BrFN6O2/c1-11-8-12(6-7-26(11)29)23-19(28)25-17-9-16(13-4-2-3-5-15(13)21)24-18-14(20)10-22-27(17)18/h2-11,29H,1H3,(H2,23,25,28). The highest BCUT2D eigenvalue weighted by atomic mass is 79.9. The van der Waals surface area contributed by atoms with Crippen LogP contribution in [0.15, 0.2) is 65.1 Å². The zero-order chi connectivity index (χ0) is 20.5. The molecule has 0 aliphatic carbocycles. The molecular weight excluding hydrogens is 443 g/mol. The van der Waals surface area contributed by atoms with Gasteiger partial charge in [0.05, 0.1) is 22.4 Å². The van der Waals surface area contributed by atoms with E-state index in [1.165, 1.54) is 16.8 Å². The van der Waals surface area contributed by atoms with Crippen LogP contribution in [0.4, 0.5) is 15.0 Å². The lowest BCUT2D eigenvalue weighted by Crippen LogP contribution is -2.33. The van der Waals surface area contributed by atoms with Crippen molar-refractivity contribution < 1.29 is 14.4 Å². The minimum Gasteiger partial charge on any atom is -0.308 e. The highest BCUT2D eigenvalue weighted by molar-refractivity contribution is 9.10. The van der Waals surface area contributed by atoms with Crippen LogP contribution in [0, 0.1) is 5.82 Å². The number of anilines is 1. The molecule has 0 bridgehead atoms. The average molecular weight is 459 g/mol. The summed E-state index contributed by atoms with van der Waals surface area (Å²) in [7, 11) is 0. The summed E-state index contributed by atoms with van der Waals surface area (Å²) in [5.74, 6) is -0.107. The Balaban J connectivity index is 1.66. The third kappa shape index (κ3) is 3.84. The minimum absolute atomic E-state index is 0.280. The largest absolute Gasteiger partial charge is 0.324 e. The molecule has 0 radical (unpaired) electrons. The lowest BCUT2D eigenvalue weighted by molar-refractivity contribution is -0.0608. The lowest BCUT2D eigenvalue weighted by atomic mass is 10.1. The van der Waals surface area contributed by atoms with Gasteiger partial charge in [0.25, 0.3) is 0 Å². The summed E-state index contributed by atoms with van der Waals surface area (Å²) in [5, 5.41) is 20.2. The van der Waals surface area contributed by atoms with Crippen LogP contribution in [-0.4, -0.2) is 36.9 Å². The summed E-state index contributed by atoms with van der Waals surface area (Å²) < 4.78 is 16.3. The minimum atomic E-state index is -0.516. The number of halogens is 2. The number of allylic oxidation sites excluding steroid dienone is 1. The maximum absolute atomic E-state index is 14.3. The Morgan fingerprint density at radius 3 is 2.86 bits per heavy atom. The van der Waals surface area contributed by atoms with Crippen molar-refractivity contribution >= 4 is 33.4 Å². The van der Waals surface area contributed by atoms with E-state index >= 15 is 0 Å². The second-order valence-electron chi connectivity index (χ2n) is 6.37. The summed E-state index contributed by atoms with van der Waals surface area (Å²) in [6.07, 6.45) is 6.25. The number of aromatic nitrogens is 3. The van der Waals surface area contributed by atoms with Crippen molar-refractivity contribution in [3.8, 4) is 11.3 Å². The molecular formula is C19H16BrFN6O2. The zero-order valence-electron chi connectivity index (χ0n) is 15.2. The van der Waals surface area contributed by atoms with Crippen LogP contribution in [0.2, 0.25) is 0 Å². The molecule has 8 nitrogen and oxygen atoms in total. The SMILES string of the molecule is CC1C=C(NC(=O)Nc2cc(-c3ccccc3F)nc3c(Br)cnn23)C=CN1O. The molecule has 0 saturated heterocycles. The third-order valence-corrected chi connectivity index (χ3v) is 4.88. The second-order valence-corrected chi connectivity index (χ2v) is 7.23. The number of carbonyl (C=O) groups is 1. The third-order valence-electron chi connectivity index (χ3n) is 4.32. The number of benzene rings is 1. The van der Waals surface area contributed by atoms with Crippen LogP contribution in [0.3, 0.4) is 0 Å². The topological polar surface area (TPSA) is 94.8 Å². The molecule has 0 saturated carbocycles. The molecule has 3 N–H and O–H groups in total. The maximum atomic E-state index is 14.3. The van der Waals surface area contributed by atoms with E-state index in [1.54, 1.807) is 49.5 Å².